The molecule has 0 fully saturated rings. The zero-order valence-corrected chi connectivity index (χ0v) is 32.0. The predicted molar refractivity (Wildman–Crippen MR) is 243 cm³/mol. The smallest absolute Gasteiger partial charge is 0.0618 e. The number of hydrogen-bond acceptors (Lipinski definition) is 2. The third-order valence-corrected chi connectivity index (χ3v) is 12.2. The van der Waals surface area contributed by atoms with E-state index in [-0.39, 0.29) is 5.41 Å². The maximum absolute atomic E-state index is 2.57. The van der Waals surface area contributed by atoms with Crippen LogP contribution in [-0.4, -0.2) is 0 Å². The SMILES string of the molecule is CC1(C)c2ccccc2N(c2c(-c3cccc4ccccc34)ccc3ccccc23)c2cc(N(c3ccc4ccccc4c3)c3cccc4ccccc34)ccc21. The molecule has 1 aliphatic rings. The van der Waals surface area contributed by atoms with E-state index >= 15 is 0 Å². The van der Waals surface area contributed by atoms with E-state index in [9.17, 15) is 0 Å². The van der Waals surface area contributed by atoms with Crippen LogP contribution in [0.2, 0.25) is 0 Å². The summed E-state index contributed by atoms with van der Waals surface area (Å²) in [5.41, 5.74) is 11.7. The number of hydrogen-bond donors (Lipinski definition) is 0. The summed E-state index contributed by atoms with van der Waals surface area (Å²) < 4.78 is 0. The Morgan fingerprint density at radius 3 is 1.72 bits per heavy atom. The molecule has 0 aromatic heterocycles. The van der Waals surface area contributed by atoms with Crippen LogP contribution in [-0.2, 0) is 5.41 Å². The van der Waals surface area contributed by atoms with E-state index in [1.165, 1.54) is 82.4 Å². The van der Waals surface area contributed by atoms with E-state index in [4.69, 9.17) is 0 Å². The fraction of sp³-hybridized carbons (Fsp3) is 0.0545. The molecule has 11 rings (SSSR count). The number of para-hydroxylation sites is 1. The third kappa shape index (κ3) is 5.25. The van der Waals surface area contributed by atoms with Crippen LogP contribution in [0.4, 0.5) is 34.1 Å². The molecule has 0 amide bonds. The molecule has 270 valence electrons. The van der Waals surface area contributed by atoms with E-state index in [0.717, 1.165) is 17.1 Å². The molecule has 0 bridgehead atoms. The van der Waals surface area contributed by atoms with Gasteiger partial charge >= 0.3 is 0 Å². The molecule has 0 saturated heterocycles. The molecule has 0 atom stereocenters. The average molecular weight is 729 g/mol. The van der Waals surface area contributed by atoms with Gasteiger partial charge in [-0.05, 0) is 85.4 Å². The van der Waals surface area contributed by atoms with E-state index in [1.54, 1.807) is 0 Å². The van der Waals surface area contributed by atoms with E-state index in [0.29, 0.717) is 0 Å². The minimum absolute atomic E-state index is 0.252. The van der Waals surface area contributed by atoms with Gasteiger partial charge in [0, 0.05) is 33.1 Å². The maximum Gasteiger partial charge on any atom is 0.0618 e. The number of nitrogens with zero attached hydrogens (tertiary/aromatic N) is 2. The fourth-order valence-electron chi connectivity index (χ4n) is 9.41. The van der Waals surface area contributed by atoms with E-state index in [2.05, 4.69) is 230 Å². The molecule has 10 aromatic rings. The largest absolute Gasteiger partial charge is 0.310 e. The van der Waals surface area contributed by atoms with Gasteiger partial charge in [0.25, 0.3) is 0 Å². The Morgan fingerprint density at radius 2 is 0.912 bits per heavy atom. The Hall–Kier alpha value is -7.16. The lowest BCUT2D eigenvalue weighted by molar-refractivity contribution is 0.632. The van der Waals surface area contributed by atoms with Crippen LogP contribution < -0.4 is 9.80 Å². The molecule has 0 N–H and O–H groups in total. The zero-order valence-electron chi connectivity index (χ0n) is 32.0. The second kappa shape index (κ2) is 13.0. The molecule has 2 heteroatoms. The van der Waals surface area contributed by atoms with Crippen molar-refractivity contribution in [1.82, 2.24) is 0 Å². The van der Waals surface area contributed by atoms with E-state index < -0.39 is 0 Å². The highest BCUT2D eigenvalue weighted by Gasteiger charge is 2.38. The van der Waals surface area contributed by atoms with E-state index in [1.807, 2.05) is 0 Å². The minimum Gasteiger partial charge on any atom is -0.310 e. The van der Waals surface area contributed by atoms with Crippen LogP contribution in [0.3, 0.4) is 0 Å². The molecule has 1 heterocycles. The van der Waals surface area contributed by atoms with Gasteiger partial charge in [-0.2, -0.15) is 0 Å². The summed E-state index contributed by atoms with van der Waals surface area (Å²) >= 11 is 0. The molecule has 10 aromatic carbocycles. The Bertz CT molecular complexity index is 3180. The van der Waals surface area contributed by atoms with Gasteiger partial charge in [-0.3, -0.25) is 0 Å². The normalized spacial score (nSPS) is 13.2. The van der Waals surface area contributed by atoms with Crippen LogP contribution in [0, 0.1) is 0 Å². The fourth-order valence-corrected chi connectivity index (χ4v) is 9.41. The highest BCUT2D eigenvalue weighted by molar-refractivity contribution is 6.11. The number of anilines is 6. The molecule has 0 radical (unpaired) electrons. The first-order chi connectivity index (χ1) is 28.0. The van der Waals surface area contributed by atoms with Crippen LogP contribution in [0.1, 0.15) is 25.0 Å². The van der Waals surface area contributed by atoms with Gasteiger partial charge in [0.1, 0.15) is 0 Å². The van der Waals surface area contributed by atoms with Gasteiger partial charge in [-0.25, -0.2) is 0 Å². The van der Waals surface area contributed by atoms with Crippen LogP contribution in [0.5, 0.6) is 0 Å². The van der Waals surface area contributed by atoms with Crippen molar-refractivity contribution in [3.8, 4) is 11.1 Å². The first-order valence-corrected chi connectivity index (χ1v) is 19.9. The molecule has 2 nitrogen and oxygen atoms in total. The lowest BCUT2D eigenvalue weighted by atomic mass is 9.73. The molecule has 57 heavy (non-hydrogen) atoms. The highest BCUT2D eigenvalue weighted by Crippen LogP contribution is 2.56. The standard InChI is InChI=1S/C55H40N2/c1-55(2)49-26-11-12-27-52(49)57(54-46-24-10-7-18-40(46)30-33-48(54)47-25-13-20-38-16-5-8-22-44(38)47)53-36-43(32-34-50(53)55)56(42-31-29-37-15-3-4-19-41(37)35-42)51-28-14-21-39-17-6-9-23-45(39)51/h3-36H,1-2H3. The number of benzene rings is 10. The van der Waals surface area contributed by atoms with Crippen LogP contribution in [0.25, 0.3) is 54.2 Å². The first kappa shape index (κ1) is 33.2. The maximum atomic E-state index is 2.57. The second-order valence-corrected chi connectivity index (χ2v) is 15.8. The summed E-state index contributed by atoms with van der Waals surface area (Å²) in [5.74, 6) is 0. The van der Waals surface area contributed by atoms with Gasteiger partial charge in [0.2, 0.25) is 0 Å². The molecule has 0 aliphatic carbocycles. The van der Waals surface area contributed by atoms with Gasteiger partial charge in [0.05, 0.1) is 22.7 Å². The van der Waals surface area contributed by atoms with Crippen molar-refractivity contribution in [1.29, 1.82) is 0 Å². The highest BCUT2D eigenvalue weighted by atomic mass is 15.2. The van der Waals surface area contributed by atoms with Gasteiger partial charge < -0.3 is 9.80 Å². The lowest BCUT2D eigenvalue weighted by Crippen LogP contribution is -2.31. The molecular weight excluding hydrogens is 689 g/mol. The Labute approximate surface area is 333 Å². The van der Waals surface area contributed by atoms with Crippen molar-refractivity contribution < 1.29 is 0 Å². The Balaban J connectivity index is 1.23. The summed E-state index contributed by atoms with van der Waals surface area (Å²) in [6.07, 6.45) is 0. The van der Waals surface area contributed by atoms with Gasteiger partial charge in [-0.1, -0.05) is 184 Å². The quantitative estimate of drug-likeness (QED) is 0.174. The zero-order chi connectivity index (χ0) is 38.1. The summed E-state index contributed by atoms with van der Waals surface area (Å²) in [5, 5.41) is 9.77. The topological polar surface area (TPSA) is 6.48 Å². The van der Waals surface area contributed by atoms with Crippen molar-refractivity contribution in [2.24, 2.45) is 0 Å². The summed E-state index contributed by atoms with van der Waals surface area (Å²) in [6.45, 7) is 4.75. The van der Waals surface area contributed by atoms with Crippen molar-refractivity contribution >= 4 is 77.2 Å². The summed E-state index contributed by atoms with van der Waals surface area (Å²) in [7, 11) is 0. The average Bonchev–Trinajstić information content (AvgIpc) is 3.26. The predicted octanol–water partition coefficient (Wildman–Crippen LogP) is 15.5. The number of rotatable bonds is 5. The molecule has 0 spiro atoms. The van der Waals surface area contributed by atoms with Crippen molar-refractivity contribution in [3.63, 3.8) is 0 Å². The van der Waals surface area contributed by atoms with Crippen LogP contribution in [0.15, 0.2) is 206 Å². The lowest BCUT2D eigenvalue weighted by Gasteiger charge is -2.43. The van der Waals surface area contributed by atoms with Gasteiger partial charge in [-0.15, -0.1) is 0 Å². The second-order valence-electron chi connectivity index (χ2n) is 15.8. The Morgan fingerprint density at radius 1 is 0.368 bits per heavy atom. The third-order valence-electron chi connectivity index (χ3n) is 12.2. The summed E-state index contributed by atoms with van der Waals surface area (Å²) in [6, 6.07) is 76.0. The van der Waals surface area contributed by atoms with Crippen molar-refractivity contribution in [3.05, 3.63) is 217 Å². The molecule has 1 aliphatic heterocycles. The van der Waals surface area contributed by atoms with Crippen LogP contribution >= 0.6 is 0 Å². The van der Waals surface area contributed by atoms with Crippen molar-refractivity contribution in [2.45, 2.75) is 19.3 Å². The first-order valence-electron chi connectivity index (χ1n) is 19.9. The Kier molecular flexibility index (Phi) is 7.55. The molecule has 0 unspecified atom stereocenters. The number of fused-ring (bicyclic) bond motifs is 6. The summed E-state index contributed by atoms with van der Waals surface area (Å²) in [4.78, 5) is 5.02. The monoisotopic (exact) mass is 728 g/mol. The van der Waals surface area contributed by atoms with Crippen molar-refractivity contribution in [2.75, 3.05) is 9.80 Å². The molecule has 0 saturated carbocycles. The molecular formula is C55H40N2. The van der Waals surface area contributed by atoms with Gasteiger partial charge in [0.15, 0.2) is 0 Å². The minimum atomic E-state index is -0.252.